The Bertz CT molecular complexity index is 768. The highest BCUT2D eigenvalue weighted by Crippen LogP contribution is 2.33. The number of benzene rings is 2. The minimum atomic E-state index is -0.897. The van der Waals surface area contributed by atoms with Gasteiger partial charge in [-0.2, -0.15) is 0 Å². The molecule has 124 valence electrons. The van der Waals surface area contributed by atoms with Crippen LogP contribution in [0.15, 0.2) is 58.3 Å². The van der Waals surface area contributed by atoms with Gasteiger partial charge in [0.25, 0.3) is 11.4 Å². The molecule has 0 fully saturated rings. The van der Waals surface area contributed by atoms with Gasteiger partial charge in [0.2, 0.25) is 5.12 Å². The average Bonchev–Trinajstić information content (AvgIpc) is 2.55. The Morgan fingerprint density at radius 2 is 1.29 bits per heavy atom. The maximum absolute atomic E-state index is 12.1. The summed E-state index contributed by atoms with van der Waals surface area (Å²) in [6, 6.07) is 11.3. The molecule has 24 heavy (non-hydrogen) atoms. The zero-order valence-corrected chi connectivity index (χ0v) is 14.2. The number of nitrogens with zero attached hydrogens (tertiary/aromatic N) is 2. The molecule has 0 spiro atoms. The molecular formula is C14H9ClN2O5S2. The monoisotopic (exact) mass is 384 g/mol. The second kappa shape index (κ2) is 8.13. The molecule has 2 aromatic carbocycles. The predicted octanol–water partition coefficient (Wildman–Crippen LogP) is 4.48. The van der Waals surface area contributed by atoms with Crippen LogP contribution in [-0.4, -0.2) is 19.7 Å². The van der Waals surface area contributed by atoms with Crippen molar-refractivity contribution in [1.29, 1.82) is 0 Å². The Balaban J connectivity index is 1.96. The highest BCUT2D eigenvalue weighted by molar-refractivity contribution is 8.16. The summed E-state index contributed by atoms with van der Waals surface area (Å²) in [4.78, 5) is 33.4. The molecule has 0 radical (unpaired) electrons. The molecule has 2 rings (SSSR count). The lowest BCUT2D eigenvalue weighted by atomic mass is 10.3. The summed E-state index contributed by atoms with van der Waals surface area (Å²) in [7, 11) is 0. The molecule has 0 heterocycles. The quantitative estimate of drug-likeness (QED) is 0.313. The molecule has 2 aromatic rings. The Morgan fingerprint density at radius 3 is 1.71 bits per heavy atom. The Kier molecular flexibility index (Phi) is 6.18. The number of carbonyl (C=O) groups is 1. The van der Waals surface area contributed by atoms with E-state index in [1.54, 1.807) is 0 Å². The zero-order chi connectivity index (χ0) is 17.7. The topological polar surface area (TPSA) is 103 Å². The summed E-state index contributed by atoms with van der Waals surface area (Å²) in [6.07, 6.45) is 0. The molecule has 0 aliphatic carbocycles. The number of non-ortho nitro benzene ring substituents is 2. The van der Waals surface area contributed by atoms with Gasteiger partial charge in [-0.25, -0.2) is 0 Å². The van der Waals surface area contributed by atoms with Crippen molar-refractivity contribution < 1.29 is 14.6 Å². The zero-order valence-electron chi connectivity index (χ0n) is 11.8. The second-order valence-electron chi connectivity index (χ2n) is 4.36. The molecule has 1 unspecified atom stereocenters. The molecule has 1 atom stereocenters. The predicted molar refractivity (Wildman–Crippen MR) is 92.6 cm³/mol. The molecule has 0 amide bonds. The first kappa shape index (κ1) is 18.2. The van der Waals surface area contributed by atoms with Crippen LogP contribution in [0.5, 0.6) is 0 Å². The minimum Gasteiger partial charge on any atom is -0.284 e. The van der Waals surface area contributed by atoms with Gasteiger partial charge in [-0.1, -0.05) is 11.8 Å². The number of alkyl halides is 1. The first-order valence-corrected chi connectivity index (χ1v) is 8.51. The highest BCUT2D eigenvalue weighted by atomic mass is 35.5. The minimum absolute atomic E-state index is 0.0444. The van der Waals surface area contributed by atoms with Crippen molar-refractivity contribution in [1.82, 2.24) is 0 Å². The normalized spacial score (nSPS) is 11.7. The third kappa shape index (κ3) is 4.95. The van der Waals surface area contributed by atoms with Gasteiger partial charge in [-0.15, -0.1) is 11.6 Å². The van der Waals surface area contributed by atoms with E-state index in [0.29, 0.717) is 9.79 Å². The van der Waals surface area contributed by atoms with Crippen LogP contribution in [0.3, 0.4) is 0 Å². The van der Waals surface area contributed by atoms with Gasteiger partial charge < -0.3 is 0 Å². The van der Waals surface area contributed by atoms with Gasteiger partial charge in [0.15, 0.2) is 4.71 Å². The SMILES string of the molecule is O=C(Sc1ccc([N+](=O)[O-])cc1)C(Cl)Sc1ccc([N+](=O)[O-])cc1. The van der Waals surface area contributed by atoms with Crippen LogP contribution in [0.2, 0.25) is 0 Å². The van der Waals surface area contributed by atoms with Gasteiger partial charge in [0, 0.05) is 34.1 Å². The summed E-state index contributed by atoms with van der Waals surface area (Å²) >= 11 is 7.99. The van der Waals surface area contributed by atoms with Crippen LogP contribution in [-0.2, 0) is 4.79 Å². The first-order chi connectivity index (χ1) is 11.4. The van der Waals surface area contributed by atoms with Crippen LogP contribution >= 0.6 is 35.1 Å². The maximum Gasteiger partial charge on any atom is 0.269 e. The van der Waals surface area contributed by atoms with E-state index >= 15 is 0 Å². The number of hydrogen-bond acceptors (Lipinski definition) is 7. The fraction of sp³-hybridized carbons (Fsp3) is 0.0714. The lowest BCUT2D eigenvalue weighted by Crippen LogP contribution is -2.05. The first-order valence-electron chi connectivity index (χ1n) is 6.38. The number of thioether (sulfide) groups is 2. The summed E-state index contributed by atoms with van der Waals surface area (Å²) in [5.74, 6) is 0. The van der Waals surface area contributed by atoms with Crippen molar-refractivity contribution in [2.24, 2.45) is 0 Å². The summed E-state index contributed by atoms with van der Waals surface area (Å²) in [5.41, 5.74) is -0.105. The number of nitro benzene ring substituents is 2. The summed E-state index contributed by atoms with van der Waals surface area (Å²) in [5, 5.41) is 20.8. The van der Waals surface area contributed by atoms with Crippen molar-refractivity contribution in [3.05, 3.63) is 68.8 Å². The number of hydrogen-bond donors (Lipinski definition) is 0. The van der Waals surface area contributed by atoms with Gasteiger partial charge in [-0.05, 0) is 36.0 Å². The van der Waals surface area contributed by atoms with E-state index in [1.807, 2.05) is 0 Å². The van der Waals surface area contributed by atoms with E-state index in [9.17, 15) is 25.0 Å². The smallest absolute Gasteiger partial charge is 0.269 e. The number of rotatable bonds is 6. The summed E-state index contributed by atoms with van der Waals surface area (Å²) < 4.78 is -0.897. The molecule has 0 saturated carbocycles. The van der Waals surface area contributed by atoms with Crippen molar-refractivity contribution in [3.8, 4) is 0 Å². The van der Waals surface area contributed by atoms with E-state index in [-0.39, 0.29) is 16.5 Å². The fourth-order valence-electron chi connectivity index (χ4n) is 1.61. The van der Waals surface area contributed by atoms with Crippen LogP contribution in [0.25, 0.3) is 0 Å². The third-order valence-electron chi connectivity index (χ3n) is 2.74. The maximum atomic E-state index is 12.1. The van der Waals surface area contributed by atoms with Gasteiger partial charge in [-0.3, -0.25) is 25.0 Å². The van der Waals surface area contributed by atoms with E-state index in [0.717, 1.165) is 23.5 Å². The third-order valence-corrected chi connectivity index (χ3v) is 5.39. The Morgan fingerprint density at radius 1 is 0.875 bits per heavy atom. The largest absolute Gasteiger partial charge is 0.284 e. The fourth-order valence-corrected chi connectivity index (χ4v) is 3.57. The van der Waals surface area contributed by atoms with E-state index in [4.69, 9.17) is 11.6 Å². The lowest BCUT2D eigenvalue weighted by Gasteiger charge is -2.07. The van der Waals surface area contributed by atoms with Crippen molar-refractivity contribution in [2.45, 2.75) is 14.5 Å². The van der Waals surface area contributed by atoms with Crippen LogP contribution in [0.1, 0.15) is 0 Å². The van der Waals surface area contributed by atoms with Crippen molar-refractivity contribution in [2.75, 3.05) is 0 Å². The van der Waals surface area contributed by atoms with Crippen molar-refractivity contribution >= 4 is 51.6 Å². The van der Waals surface area contributed by atoms with E-state index in [2.05, 4.69) is 0 Å². The number of nitro groups is 2. The van der Waals surface area contributed by atoms with E-state index < -0.39 is 14.6 Å². The Labute approximate surface area is 149 Å². The standard InChI is InChI=1S/C14H9ClN2O5S2/c15-13(23-11-5-1-9(2-6-11)16(19)20)14(18)24-12-7-3-10(4-8-12)17(21)22/h1-8,13H. The van der Waals surface area contributed by atoms with Crippen LogP contribution < -0.4 is 0 Å². The molecule has 0 aromatic heterocycles. The van der Waals surface area contributed by atoms with Gasteiger partial charge in [0.05, 0.1) is 9.85 Å². The lowest BCUT2D eigenvalue weighted by molar-refractivity contribution is -0.385. The Hall–Kier alpha value is -2.10. The number of halogens is 1. The number of carbonyl (C=O) groups excluding carboxylic acids is 1. The second-order valence-corrected chi connectivity index (χ2v) is 7.31. The molecule has 0 aliphatic heterocycles. The van der Waals surface area contributed by atoms with Crippen LogP contribution in [0.4, 0.5) is 11.4 Å². The molecule has 0 N–H and O–H groups in total. The molecule has 0 bridgehead atoms. The molecule has 7 nitrogen and oxygen atoms in total. The highest BCUT2D eigenvalue weighted by Gasteiger charge is 2.19. The van der Waals surface area contributed by atoms with Crippen molar-refractivity contribution in [3.63, 3.8) is 0 Å². The summed E-state index contributed by atoms with van der Waals surface area (Å²) in [6.45, 7) is 0. The molecular weight excluding hydrogens is 376 g/mol. The van der Waals surface area contributed by atoms with Gasteiger partial charge in [0.1, 0.15) is 0 Å². The average molecular weight is 385 g/mol. The van der Waals surface area contributed by atoms with Gasteiger partial charge >= 0.3 is 0 Å². The van der Waals surface area contributed by atoms with E-state index in [1.165, 1.54) is 48.5 Å². The molecule has 0 aliphatic rings. The molecule has 10 heteroatoms. The van der Waals surface area contributed by atoms with Crippen LogP contribution in [0, 0.1) is 20.2 Å². The molecule has 0 saturated heterocycles.